The lowest BCUT2D eigenvalue weighted by atomic mass is 9.95. The molecular weight excluding hydrogens is 248 g/mol. The number of nitrogens with one attached hydrogen (secondary N) is 1. The van der Waals surface area contributed by atoms with Crippen LogP contribution in [0.3, 0.4) is 0 Å². The second kappa shape index (κ2) is 4.72. The van der Waals surface area contributed by atoms with Crippen LogP contribution in [0.1, 0.15) is 28.8 Å². The summed E-state index contributed by atoms with van der Waals surface area (Å²) in [7, 11) is 0. The minimum absolute atomic E-state index is 0.0193. The largest absolute Gasteiger partial charge is 0.386 e. The maximum absolute atomic E-state index is 13.7. The number of hydrogen-bond donors (Lipinski definition) is 2. The molecule has 0 spiro atoms. The summed E-state index contributed by atoms with van der Waals surface area (Å²) in [6.07, 6.45) is -1.11. The van der Waals surface area contributed by atoms with Gasteiger partial charge in [0.2, 0.25) is 0 Å². The van der Waals surface area contributed by atoms with E-state index in [2.05, 4.69) is 5.32 Å². The van der Waals surface area contributed by atoms with Crippen LogP contribution in [0.15, 0.2) is 42.5 Å². The molecule has 0 aliphatic carbocycles. The molecule has 19 heavy (non-hydrogen) atoms. The quantitative estimate of drug-likeness (QED) is 0.871. The Morgan fingerprint density at radius 2 is 1.89 bits per heavy atom. The van der Waals surface area contributed by atoms with Gasteiger partial charge < -0.3 is 10.4 Å². The zero-order valence-electron chi connectivity index (χ0n) is 10.1. The molecule has 1 heterocycles. The van der Waals surface area contributed by atoms with E-state index in [9.17, 15) is 13.9 Å². The van der Waals surface area contributed by atoms with Crippen LogP contribution in [0.5, 0.6) is 0 Å². The molecule has 0 aromatic heterocycles. The van der Waals surface area contributed by atoms with Crippen LogP contribution in [0.2, 0.25) is 0 Å². The van der Waals surface area contributed by atoms with Gasteiger partial charge in [0.15, 0.2) is 11.6 Å². The van der Waals surface area contributed by atoms with Crippen molar-refractivity contribution < 1.29 is 13.9 Å². The van der Waals surface area contributed by atoms with Crippen molar-refractivity contribution in [2.45, 2.75) is 18.7 Å². The van der Waals surface area contributed by atoms with Crippen molar-refractivity contribution in [3.05, 3.63) is 70.8 Å². The lowest BCUT2D eigenvalue weighted by molar-refractivity contribution is 0.128. The Bertz CT molecular complexity index is 615. The molecule has 98 valence electrons. The van der Waals surface area contributed by atoms with E-state index in [1.54, 1.807) is 0 Å². The second-order valence-corrected chi connectivity index (χ2v) is 4.65. The van der Waals surface area contributed by atoms with Crippen LogP contribution in [0, 0.1) is 11.6 Å². The van der Waals surface area contributed by atoms with Gasteiger partial charge in [0.1, 0.15) is 6.10 Å². The number of halogens is 2. The minimum atomic E-state index is -1.11. The first-order valence-electron chi connectivity index (χ1n) is 6.11. The summed E-state index contributed by atoms with van der Waals surface area (Å²) in [6.45, 7) is 0.620. The van der Waals surface area contributed by atoms with E-state index in [0.717, 1.165) is 17.2 Å². The fourth-order valence-corrected chi connectivity index (χ4v) is 2.54. The van der Waals surface area contributed by atoms with Crippen molar-refractivity contribution in [1.29, 1.82) is 0 Å². The number of rotatable bonds is 2. The SMILES string of the molecule is OC(c1cccc(F)c1F)C1NCc2ccccc21. The van der Waals surface area contributed by atoms with E-state index in [1.807, 2.05) is 24.3 Å². The summed E-state index contributed by atoms with van der Waals surface area (Å²) in [5.74, 6) is -1.93. The summed E-state index contributed by atoms with van der Waals surface area (Å²) < 4.78 is 26.9. The van der Waals surface area contributed by atoms with Gasteiger partial charge in [-0.05, 0) is 17.2 Å². The van der Waals surface area contributed by atoms with Crippen molar-refractivity contribution >= 4 is 0 Å². The predicted molar refractivity (Wildman–Crippen MR) is 67.3 cm³/mol. The maximum atomic E-state index is 13.7. The Labute approximate surface area is 109 Å². The summed E-state index contributed by atoms with van der Waals surface area (Å²) in [6, 6.07) is 11.1. The summed E-state index contributed by atoms with van der Waals surface area (Å²) in [5, 5.41) is 13.4. The molecule has 0 radical (unpaired) electrons. The van der Waals surface area contributed by atoms with E-state index in [0.29, 0.717) is 6.54 Å². The highest BCUT2D eigenvalue weighted by Gasteiger charge is 2.30. The molecule has 0 saturated carbocycles. The Hall–Kier alpha value is -1.78. The smallest absolute Gasteiger partial charge is 0.164 e. The molecule has 0 amide bonds. The first-order chi connectivity index (χ1) is 9.18. The molecule has 2 unspecified atom stereocenters. The number of hydrogen-bond acceptors (Lipinski definition) is 2. The van der Waals surface area contributed by atoms with Crippen molar-refractivity contribution in [2.24, 2.45) is 0 Å². The van der Waals surface area contributed by atoms with Crippen LogP contribution >= 0.6 is 0 Å². The molecule has 1 aliphatic heterocycles. The zero-order chi connectivity index (χ0) is 13.4. The van der Waals surface area contributed by atoms with Gasteiger partial charge in [-0.2, -0.15) is 0 Å². The summed E-state index contributed by atoms with van der Waals surface area (Å²) in [4.78, 5) is 0. The van der Waals surface area contributed by atoms with Gasteiger partial charge in [0, 0.05) is 12.1 Å². The monoisotopic (exact) mass is 261 g/mol. The van der Waals surface area contributed by atoms with E-state index in [-0.39, 0.29) is 5.56 Å². The highest BCUT2D eigenvalue weighted by molar-refractivity contribution is 5.36. The third-order valence-electron chi connectivity index (χ3n) is 3.52. The van der Waals surface area contributed by atoms with Crippen molar-refractivity contribution in [3.8, 4) is 0 Å². The minimum Gasteiger partial charge on any atom is -0.386 e. The lowest BCUT2D eigenvalue weighted by Crippen LogP contribution is -2.21. The standard InChI is InChI=1S/C15H13F2NO/c16-12-7-3-6-11(13(12)17)15(19)14-10-5-2-1-4-9(10)8-18-14/h1-7,14-15,18-19H,8H2. The topological polar surface area (TPSA) is 32.3 Å². The van der Waals surface area contributed by atoms with Crippen LogP contribution in [-0.4, -0.2) is 5.11 Å². The van der Waals surface area contributed by atoms with Crippen LogP contribution in [0.4, 0.5) is 8.78 Å². The molecule has 0 fully saturated rings. The van der Waals surface area contributed by atoms with Crippen molar-refractivity contribution in [1.82, 2.24) is 5.32 Å². The predicted octanol–water partition coefficient (Wildman–Crippen LogP) is 2.84. The summed E-state index contributed by atoms with van der Waals surface area (Å²) >= 11 is 0. The molecule has 2 atom stereocenters. The Kier molecular flexibility index (Phi) is 3.05. The normalized spacial score (nSPS) is 19.2. The second-order valence-electron chi connectivity index (χ2n) is 4.65. The zero-order valence-corrected chi connectivity index (χ0v) is 10.1. The van der Waals surface area contributed by atoms with Crippen molar-refractivity contribution in [2.75, 3.05) is 0 Å². The number of aliphatic hydroxyl groups excluding tert-OH is 1. The molecule has 3 rings (SSSR count). The third kappa shape index (κ3) is 2.03. The van der Waals surface area contributed by atoms with Gasteiger partial charge in [0.25, 0.3) is 0 Å². The molecule has 2 N–H and O–H groups in total. The molecule has 4 heteroatoms. The Balaban J connectivity index is 1.98. The van der Waals surface area contributed by atoms with Gasteiger partial charge in [-0.1, -0.05) is 36.4 Å². The molecule has 2 aromatic carbocycles. The molecule has 0 saturated heterocycles. The third-order valence-corrected chi connectivity index (χ3v) is 3.52. The number of aliphatic hydroxyl groups is 1. The Morgan fingerprint density at radius 1 is 1.11 bits per heavy atom. The van der Waals surface area contributed by atoms with Crippen LogP contribution in [0.25, 0.3) is 0 Å². The molecule has 0 bridgehead atoms. The lowest BCUT2D eigenvalue weighted by Gasteiger charge is -2.20. The van der Waals surface area contributed by atoms with Gasteiger partial charge in [-0.15, -0.1) is 0 Å². The average Bonchev–Trinajstić information content (AvgIpc) is 2.85. The molecular formula is C15H13F2NO. The van der Waals surface area contributed by atoms with Gasteiger partial charge in [0.05, 0.1) is 6.04 Å². The van der Waals surface area contributed by atoms with Gasteiger partial charge >= 0.3 is 0 Å². The summed E-state index contributed by atoms with van der Waals surface area (Å²) in [5.41, 5.74) is 1.98. The van der Waals surface area contributed by atoms with E-state index >= 15 is 0 Å². The highest BCUT2D eigenvalue weighted by atomic mass is 19.2. The first-order valence-corrected chi connectivity index (χ1v) is 6.11. The van der Waals surface area contributed by atoms with Crippen molar-refractivity contribution in [3.63, 3.8) is 0 Å². The molecule has 1 aliphatic rings. The van der Waals surface area contributed by atoms with Gasteiger partial charge in [-0.25, -0.2) is 8.78 Å². The van der Waals surface area contributed by atoms with E-state index in [1.165, 1.54) is 12.1 Å². The number of benzene rings is 2. The first kappa shape index (κ1) is 12.3. The maximum Gasteiger partial charge on any atom is 0.164 e. The molecule has 2 aromatic rings. The van der Waals surface area contributed by atoms with Gasteiger partial charge in [-0.3, -0.25) is 0 Å². The average molecular weight is 261 g/mol. The fourth-order valence-electron chi connectivity index (χ4n) is 2.54. The van der Waals surface area contributed by atoms with Crippen LogP contribution in [-0.2, 0) is 6.54 Å². The van der Waals surface area contributed by atoms with E-state index < -0.39 is 23.8 Å². The fraction of sp³-hybridized carbons (Fsp3) is 0.200. The Morgan fingerprint density at radius 3 is 2.74 bits per heavy atom. The van der Waals surface area contributed by atoms with Crippen LogP contribution < -0.4 is 5.32 Å². The number of fused-ring (bicyclic) bond motifs is 1. The highest BCUT2D eigenvalue weighted by Crippen LogP contribution is 2.36. The molecule has 2 nitrogen and oxygen atoms in total. The van der Waals surface area contributed by atoms with E-state index in [4.69, 9.17) is 0 Å².